The fourth-order valence-electron chi connectivity index (χ4n) is 6.35. The molecule has 0 radical (unpaired) electrons. The lowest BCUT2D eigenvalue weighted by molar-refractivity contribution is -0.130. The van der Waals surface area contributed by atoms with Crippen molar-refractivity contribution in [2.24, 2.45) is 5.41 Å². The Morgan fingerprint density at radius 1 is 0.900 bits per heavy atom. The third-order valence-electron chi connectivity index (χ3n) is 8.26. The summed E-state index contributed by atoms with van der Waals surface area (Å²) in [7, 11) is 0. The van der Waals surface area contributed by atoms with Gasteiger partial charge in [-0.1, -0.05) is 62.4 Å². The summed E-state index contributed by atoms with van der Waals surface area (Å²) in [6, 6.07) is 23.9. The number of rotatable bonds is 4. The molecule has 0 spiro atoms. The minimum Gasteiger partial charge on any atom is -0.368 e. The zero-order valence-electron chi connectivity index (χ0n) is 23.1. The fraction of sp³-hybridized carbons (Fsp3) is 0.333. The van der Waals surface area contributed by atoms with Crippen LogP contribution in [0.15, 0.2) is 90.1 Å². The van der Waals surface area contributed by atoms with Crippen LogP contribution < -0.4 is 15.1 Å². The number of para-hydroxylation sites is 3. The first-order valence-electron chi connectivity index (χ1n) is 14.0. The number of fused-ring (bicyclic) bond motifs is 1. The largest absolute Gasteiger partial charge is 0.368 e. The highest BCUT2D eigenvalue weighted by atomic mass is 19.1. The van der Waals surface area contributed by atoms with E-state index in [1.165, 1.54) is 6.07 Å². The minimum atomic E-state index is -0.717. The maximum Gasteiger partial charge on any atom is 0.242 e. The van der Waals surface area contributed by atoms with Gasteiger partial charge in [-0.25, -0.2) is 4.39 Å². The molecule has 6 rings (SSSR count). The van der Waals surface area contributed by atoms with Crippen LogP contribution in [0.2, 0.25) is 0 Å². The van der Waals surface area contributed by atoms with Gasteiger partial charge in [0.25, 0.3) is 0 Å². The van der Waals surface area contributed by atoms with E-state index in [4.69, 9.17) is 0 Å². The zero-order valence-corrected chi connectivity index (χ0v) is 23.1. The molecule has 0 saturated carbocycles. The number of nitrogens with one attached hydrogen (secondary N) is 1. The maximum atomic E-state index is 15.5. The number of hydrogen-bond acceptors (Lipinski definition) is 5. The number of piperazine rings is 1. The molecular weight excluding hydrogens is 503 g/mol. The molecule has 6 nitrogen and oxygen atoms in total. The number of hydrogen-bond donors (Lipinski definition) is 1. The third-order valence-corrected chi connectivity index (χ3v) is 8.26. The van der Waals surface area contributed by atoms with Crippen LogP contribution in [0, 0.1) is 11.2 Å². The summed E-state index contributed by atoms with van der Waals surface area (Å²) in [5, 5.41) is 3.54. The first-order valence-corrected chi connectivity index (χ1v) is 14.0. The molecule has 7 heteroatoms. The average molecular weight is 539 g/mol. The number of ketones is 1. The van der Waals surface area contributed by atoms with Crippen molar-refractivity contribution < 1.29 is 14.0 Å². The van der Waals surface area contributed by atoms with Gasteiger partial charge in [-0.3, -0.25) is 9.59 Å². The fourth-order valence-corrected chi connectivity index (χ4v) is 6.35. The van der Waals surface area contributed by atoms with Gasteiger partial charge >= 0.3 is 0 Å². The smallest absolute Gasteiger partial charge is 0.242 e. The number of allylic oxidation sites excluding steroid dienone is 1. The van der Waals surface area contributed by atoms with E-state index in [9.17, 15) is 9.59 Å². The van der Waals surface area contributed by atoms with Crippen LogP contribution in [-0.2, 0) is 9.59 Å². The second-order valence-corrected chi connectivity index (χ2v) is 11.7. The molecule has 3 aromatic rings. The number of nitrogens with zero attached hydrogens (tertiary/aromatic N) is 3. The van der Waals surface area contributed by atoms with E-state index >= 15 is 4.39 Å². The SMILES string of the molecule is CC1(C)CC(=O)C2=C(C1)Nc1ccccc1N(CC(=O)N1CCN(c3ccccc3)CC1)C2c1ccccc1F. The van der Waals surface area contributed by atoms with Gasteiger partial charge < -0.3 is 20.0 Å². The Morgan fingerprint density at radius 3 is 2.33 bits per heavy atom. The van der Waals surface area contributed by atoms with Crippen molar-refractivity contribution in [1.82, 2.24) is 4.90 Å². The first kappa shape index (κ1) is 26.1. The molecule has 0 aromatic heterocycles. The van der Waals surface area contributed by atoms with Gasteiger partial charge in [0.15, 0.2) is 5.78 Å². The van der Waals surface area contributed by atoms with Gasteiger partial charge in [0.2, 0.25) is 5.91 Å². The van der Waals surface area contributed by atoms with Crippen molar-refractivity contribution in [3.05, 3.63) is 102 Å². The second kappa shape index (κ2) is 10.5. The van der Waals surface area contributed by atoms with Crippen LogP contribution >= 0.6 is 0 Å². The van der Waals surface area contributed by atoms with Gasteiger partial charge in [-0.2, -0.15) is 0 Å². The predicted molar refractivity (Wildman–Crippen MR) is 157 cm³/mol. The van der Waals surface area contributed by atoms with E-state index in [1.807, 2.05) is 52.3 Å². The summed E-state index contributed by atoms with van der Waals surface area (Å²) in [5.74, 6) is -0.421. The van der Waals surface area contributed by atoms with Crippen molar-refractivity contribution in [3.8, 4) is 0 Å². The Bertz CT molecular complexity index is 1460. The molecule has 40 heavy (non-hydrogen) atoms. The number of Topliss-reactive ketones (excluding diaryl/α,β-unsaturated/α-hetero) is 1. The number of carbonyl (C=O) groups excluding carboxylic acids is 2. The summed E-state index contributed by atoms with van der Waals surface area (Å²) in [6.07, 6.45) is 1.04. The number of halogens is 1. The second-order valence-electron chi connectivity index (χ2n) is 11.7. The molecule has 3 aromatic carbocycles. The van der Waals surface area contributed by atoms with E-state index in [1.54, 1.807) is 18.2 Å². The van der Waals surface area contributed by atoms with Gasteiger partial charge in [-0.15, -0.1) is 0 Å². The summed E-state index contributed by atoms with van der Waals surface area (Å²) in [5.41, 5.74) is 4.31. The Morgan fingerprint density at radius 2 is 1.57 bits per heavy atom. The Hall–Kier alpha value is -4.13. The average Bonchev–Trinajstić information content (AvgIpc) is 3.07. The Balaban J connectivity index is 1.37. The quantitative estimate of drug-likeness (QED) is 0.456. The lowest BCUT2D eigenvalue weighted by atomic mass is 9.73. The molecule has 1 atom stereocenters. The summed E-state index contributed by atoms with van der Waals surface area (Å²) in [6.45, 7) is 6.90. The standard InChI is InChI=1S/C33H35FN4O2/c1-33(2)20-27-31(29(39)21-33)32(24-12-6-7-13-25(24)34)38(28-15-9-8-14-26(28)35-27)22-30(40)37-18-16-36(17-19-37)23-10-4-3-5-11-23/h3-15,32,35H,16-22H2,1-2H3. The molecule has 1 saturated heterocycles. The van der Waals surface area contributed by atoms with E-state index in [0.717, 1.165) is 35.8 Å². The Kier molecular flexibility index (Phi) is 6.82. The van der Waals surface area contributed by atoms with Crippen LogP contribution in [0.25, 0.3) is 0 Å². The normalized spacial score (nSPS) is 20.4. The minimum absolute atomic E-state index is 0.00580. The molecular formula is C33H35FN4O2. The van der Waals surface area contributed by atoms with Crippen molar-refractivity contribution in [3.63, 3.8) is 0 Å². The summed E-state index contributed by atoms with van der Waals surface area (Å²) >= 11 is 0. The molecule has 1 fully saturated rings. The van der Waals surface area contributed by atoms with Crippen LogP contribution in [0.5, 0.6) is 0 Å². The molecule has 1 unspecified atom stereocenters. The summed E-state index contributed by atoms with van der Waals surface area (Å²) in [4.78, 5) is 33.8. The van der Waals surface area contributed by atoms with E-state index in [2.05, 4.69) is 36.2 Å². The van der Waals surface area contributed by atoms with E-state index in [-0.39, 0.29) is 29.5 Å². The molecule has 2 heterocycles. The van der Waals surface area contributed by atoms with Crippen molar-refractivity contribution in [1.29, 1.82) is 0 Å². The molecule has 3 aliphatic rings. The predicted octanol–water partition coefficient (Wildman–Crippen LogP) is 5.79. The molecule has 206 valence electrons. The molecule has 0 bridgehead atoms. The highest BCUT2D eigenvalue weighted by Crippen LogP contribution is 2.48. The number of anilines is 3. The van der Waals surface area contributed by atoms with Crippen molar-refractivity contribution >= 4 is 28.8 Å². The lowest BCUT2D eigenvalue weighted by Gasteiger charge is -2.40. The van der Waals surface area contributed by atoms with Gasteiger partial charge in [0, 0.05) is 55.1 Å². The van der Waals surface area contributed by atoms with E-state index < -0.39 is 6.04 Å². The molecule has 2 aliphatic heterocycles. The highest BCUT2D eigenvalue weighted by Gasteiger charge is 2.43. The monoisotopic (exact) mass is 538 g/mol. The first-order chi connectivity index (χ1) is 19.3. The summed E-state index contributed by atoms with van der Waals surface area (Å²) < 4.78 is 15.5. The zero-order chi connectivity index (χ0) is 27.9. The van der Waals surface area contributed by atoms with Crippen molar-refractivity contribution in [2.45, 2.75) is 32.7 Å². The molecule has 1 amide bonds. The Labute approximate surface area is 235 Å². The van der Waals surface area contributed by atoms with E-state index in [0.29, 0.717) is 37.1 Å². The molecule has 1 aliphatic carbocycles. The van der Waals surface area contributed by atoms with Crippen LogP contribution in [0.3, 0.4) is 0 Å². The highest BCUT2D eigenvalue weighted by molar-refractivity contribution is 6.02. The van der Waals surface area contributed by atoms with Gasteiger partial charge in [0.1, 0.15) is 5.82 Å². The van der Waals surface area contributed by atoms with Gasteiger partial charge in [0.05, 0.1) is 24.0 Å². The maximum absolute atomic E-state index is 15.5. The lowest BCUT2D eigenvalue weighted by Crippen LogP contribution is -2.52. The number of carbonyl (C=O) groups is 2. The van der Waals surface area contributed by atoms with Crippen molar-refractivity contribution in [2.75, 3.05) is 47.8 Å². The number of amides is 1. The van der Waals surface area contributed by atoms with Crippen LogP contribution in [-0.4, -0.2) is 49.3 Å². The van der Waals surface area contributed by atoms with Crippen LogP contribution in [0.4, 0.5) is 21.5 Å². The third kappa shape index (κ3) is 4.96. The number of benzene rings is 3. The van der Waals surface area contributed by atoms with Crippen LogP contribution in [0.1, 0.15) is 38.3 Å². The van der Waals surface area contributed by atoms with Gasteiger partial charge in [-0.05, 0) is 42.2 Å². The molecule has 1 N–H and O–H groups in total. The topological polar surface area (TPSA) is 55.9 Å².